The zero-order chi connectivity index (χ0) is 16.9. The summed E-state index contributed by atoms with van der Waals surface area (Å²) in [6.07, 6.45) is 2.14. The second kappa shape index (κ2) is 5.35. The summed E-state index contributed by atoms with van der Waals surface area (Å²) in [6.45, 7) is 9.26. The van der Waals surface area contributed by atoms with Crippen LogP contribution >= 0.6 is 0 Å². The monoisotopic (exact) mass is 330 g/mol. The second-order valence-corrected chi connectivity index (χ2v) is 12.6. The van der Waals surface area contributed by atoms with Gasteiger partial charge in [0.15, 0.2) is 0 Å². The predicted molar refractivity (Wildman–Crippen MR) is 107 cm³/mol. The Morgan fingerprint density at radius 3 is 2.33 bits per heavy atom. The molecule has 0 radical (unpaired) electrons. The molecule has 0 saturated heterocycles. The standard InChI is InChI=1S/C22H22OSi/c1-15-13-17-11-8-12-18-14-19(24(2,3)4)21(22(23-15)20(17)18)16-9-6-5-7-10-16/h5-14H,1-4H3. The molecule has 0 bridgehead atoms. The fraction of sp³-hybridized carbons (Fsp3) is 0.182. The van der Waals surface area contributed by atoms with Crippen molar-refractivity contribution in [3.05, 3.63) is 65.9 Å². The lowest BCUT2D eigenvalue weighted by molar-refractivity contribution is 0.437. The van der Waals surface area contributed by atoms with Gasteiger partial charge in [0.2, 0.25) is 0 Å². The maximum absolute atomic E-state index is 6.31. The molecular formula is C22H22OSi. The van der Waals surface area contributed by atoms with Gasteiger partial charge in [0.05, 0.1) is 8.07 Å². The summed E-state index contributed by atoms with van der Waals surface area (Å²) in [4.78, 5) is 0. The van der Waals surface area contributed by atoms with E-state index in [1.54, 1.807) is 0 Å². The normalized spacial score (nSPS) is 13.6. The molecule has 0 unspecified atom stereocenters. The van der Waals surface area contributed by atoms with Crippen LogP contribution in [0.4, 0.5) is 0 Å². The van der Waals surface area contributed by atoms with E-state index in [1.165, 1.54) is 32.6 Å². The van der Waals surface area contributed by atoms with E-state index in [1.807, 2.05) is 6.92 Å². The molecule has 0 spiro atoms. The van der Waals surface area contributed by atoms with Crippen LogP contribution in [0.5, 0.6) is 5.75 Å². The first-order valence-electron chi connectivity index (χ1n) is 8.47. The van der Waals surface area contributed by atoms with Gasteiger partial charge >= 0.3 is 0 Å². The molecule has 0 fully saturated rings. The summed E-state index contributed by atoms with van der Waals surface area (Å²) in [5.74, 6) is 1.99. The van der Waals surface area contributed by atoms with Crippen molar-refractivity contribution in [2.45, 2.75) is 26.6 Å². The minimum Gasteiger partial charge on any atom is -0.461 e. The van der Waals surface area contributed by atoms with Crippen molar-refractivity contribution in [2.75, 3.05) is 0 Å². The summed E-state index contributed by atoms with van der Waals surface area (Å²) in [5, 5.41) is 3.98. The Bertz CT molecular complexity index is 963. The number of hydrogen-bond acceptors (Lipinski definition) is 1. The highest BCUT2D eigenvalue weighted by atomic mass is 28.3. The van der Waals surface area contributed by atoms with E-state index in [0.29, 0.717) is 0 Å². The molecule has 1 nitrogen and oxygen atoms in total. The van der Waals surface area contributed by atoms with Gasteiger partial charge in [-0.05, 0) is 34.7 Å². The Kier molecular flexibility index (Phi) is 3.39. The molecule has 2 heteroatoms. The van der Waals surface area contributed by atoms with Gasteiger partial charge in [0.25, 0.3) is 0 Å². The van der Waals surface area contributed by atoms with Gasteiger partial charge in [-0.2, -0.15) is 0 Å². The molecule has 0 saturated carbocycles. The molecule has 3 aromatic carbocycles. The van der Waals surface area contributed by atoms with E-state index in [2.05, 4.69) is 80.3 Å². The lowest BCUT2D eigenvalue weighted by Gasteiger charge is -2.27. The van der Waals surface area contributed by atoms with Crippen LogP contribution in [0.15, 0.2) is 60.4 Å². The first kappa shape index (κ1) is 15.2. The summed E-state index contributed by atoms with van der Waals surface area (Å²) in [6, 6.07) is 19.6. The summed E-state index contributed by atoms with van der Waals surface area (Å²) in [7, 11) is -1.54. The second-order valence-electron chi connectivity index (χ2n) is 7.55. The number of ether oxygens (including phenoxy) is 1. The van der Waals surface area contributed by atoms with Gasteiger partial charge in [-0.1, -0.05) is 74.2 Å². The van der Waals surface area contributed by atoms with Gasteiger partial charge < -0.3 is 4.74 Å². The van der Waals surface area contributed by atoms with Crippen LogP contribution in [-0.2, 0) is 0 Å². The van der Waals surface area contributed by atoms with E-state index in [9.17, 15) is 0 Å². The van der Waals surface area contributed by atoms with Gasteiger partial charge in [-0.15, -0.1) is 0 Å². The van der Waals surface area contributed by atoms with Gasteiger partial charge in [-0.3, -0.25) is 0 Å². The van der Waals surface area contributed by atoms with Gasteiger partial charge in [0.1, 0.15) is 11.5 Å². The maximum Gasteiger partial charge on any atom is 0.143 e. The third kappa shape index (κ3) is 2.38. The number of allylic oxidation sites excluding steroid dienone is 1. The average molecular weight is 331 g/mol. The highest BCUT2D eigenvalue weighted by molar-refractivity contribution is 6.90. The largest absolute Gasteiger partial charge is 0.461 e. The molecule has 3 aromatic rings. The fourth-order valence-corrected chi connectivity index (χ4v) is 5.16. The highest BCUT2D eigenvalue weighted by Crippen LogP contribution is 2.42. The number of benzene rings is 3. The van der Waals surface area contributed by atoms with Crippen molar-refractivity contribution in [3.8, 4) is 16.9 Å². The van der Waals surface area contributed by atoms with Crippen LogP contribution in [0.1, 0.15) is 12.5 Å². The quantitative estimate of drug-likeness (QED) is 0.539. The number of rotatable bonds is 2. The smallest absolute Gasteiger partial charge is 0.143 e. The Morgan fingerprint density at radius 1 is 0.875 bits per heavy atom. The van der Waals surface area contributed by atoms with Crippen molar-refractivity contribution in [1.82, 2.24) is 0 Å². The Balaban J connectivity index is 2.18. The first-order valence-corrected chi connectivity index (χ1v) is 12.0. The van der Waals surface area contributed by atoms with Crippen LogP contribution in [0.2, 0.25) is 19.6 Å². The average Bonchev–Trinajstić information content (AvgIpc) is 2.54. The molecule has 0 aromatic heterocycles. The molecule has 1 aliphatic heterocycles. The zero-order valence-corrected chi connectivity index (χ0v) is 15.7. The Labute approximate surface area is 144 Å². The molecular weight excluding hydrogens is 308 g/mol. The van der Waals surface area contributed by atoms with Crippen LogP contribution in [0, 0.1) is 0 Å². The molecule has 0 amide bonds. The SMILES string of the molecule is CC1=Cc2cccc3cc([Si](C)(C)C)c(-c4ccccc4)c(c23)O1. The highest BCUT2D eigenvalue weighted by Gasteiger charge is 2.27. The van der Waals surface area contributed by atoms with Crippen LogP contribution < -0.4 is 9.92 Å². The minimum atomic E-state index is -1.54. The summed E-state index contributed by atoms with van der Waals surface area (Å²) >= 11 is 0. The predicted octanol–water partition coefficient (Wildman–Crippen LogP) is 5.81. The van der Waals surface area contributed by atoms with E-state index in [0.717, 1.165) is 11.5 Å². The minimum absolute atomic E-state index is 0.958. The number of hydrogen-bond donors (Lipinski definition) is 0. The summed E-state index contributed by atoms with van der Waals surface area (Å²) in [5.41, 5.74) is 3.78. The molecule has 0 aliphatic carbocycles. The van der Waals surface area contributed by atoms with Crippen molar-refractivity contribution in [1.29, 1.82) is 0 Å². The Morgan fingerprint density at radius 2 is 1.62 bits per heavy atom. The van der Waals surface area contributed by atoms with E-state index in [4.69, 9.17) is 4.74 Å². The summed E-state index contributed by atoms with van der Waals surface area (Å²) < 4.78 is 6.31. The van der Waals surface area contributed by atoms with E-state index < -0.39 is 8.07 Å². The fourth-order valence-electron chi connectivity index (χ4n) is 3.56. The topological polar surface area (TPSA) is 9.23 Å². The molecule has 120 valence electrons. The molecule has 1 heterocycles. The third-order valence-electron chi connectivity index (χ3n) is 4.64. The van der Waals surface area contributed by atoms with Crippen LogP contribution in [0.3, 0.4) is 0 Å². The zero-order valence-electron chi connectivity index (χ0n) is 14.7. The molecule has 0 atom stereocenters. The van der Waals surface area contributed by atoms with Gasteiger partial charge in [0, 0.05) is 10.9 Å². The lowest BCUT2D eigenvalue weighted by atomic mass is 9.95. The lowest BCUT2D eigenvalue weighted by Crippen LogP contribution is -2.39. The van der Waals surface area contributed by atoms with Crippen molar-refractivity contribution < 1.29 is 4.74 Å². The maximum atomic E-state index is 6.31. The van der Waals surface area contributed by atoms with Crippen molar-refractivity contribution >= 4 is 30.1 Å². The molecule has 0 N–H and O–H groups in total. The first-order chi connectivity index (χ1) is 11.4. The van der Waals surface area contributed by atoms with E-state index in [-0.39, 0.29) is 0 Å². The van der Waals surface area contributed by atoms with E-state index >= 15 is 0 Å². The van der Waals surface area contributed by atoms with Gasteiger partial charge in [-0.25, -0.2) is 0 Å². The molecule has 1 aliphatic rings. The van der Waals surface area contributed by atoms with Crippen LogP contribution in [-0.4, -0.2) is 8.07 Å². The van der Waals surface area contributed by atoms with Crippen molar-refractivity contribution in [2.24, 2.45) is 0 Å². The molecule has 24 heavy (non-hydrogen) atoms. The Hall–Kier alpha value is -2.32. The van der Waals surface area contributed by atoms with Crippen molar-refractivity contribution in [3.63, 3.8) is 0 Å². The third-order valence-corrected chi connectivity index (χ3v) is 6.65. The molecule has 4 rings (SSSR count). The van der Waals surface area contributed by atoms with Crippen LogP contribution in [0.25, 0.3) is 28.0 Å².